The van der Waals surface area contributed by atoms with E-state index in [2.05, 4.69) is 124 Å². The smallest absolute Gasteiger partial charge is 0.306 e. The zero-order chi connectivity index (χ0) is 52.9. The van der Waals surface area contributed by atoms with Crippen molar-refractivity contribution in [3.8, 4) is 0 Å². The number of unbranched alkanes of at least 4 members (excludes halogenated alkanes) is 25. The van der Waals surface area contributed by atoms with Gasteiger partial charge in [0.1, 0.15) is 13.2 Å². The molecule has 0 amide bonds. The van der Waals surface area contributed by atoms with E-state index in [1.165, 1.54) is 141 Å². The summed E-state index contributed by atoms with van der Waals surface area (Å²) in [4.78, 5) is 38.2. The molecular weight excluding hydrogens is 901 g/mol. The fourth-order valence-corrected chi connectivity index (χ4v) is 8.24. The van der Waals surface area contributed by atoms with Crippen LogP contribution in [0.3, 0.4) is 0 Å². The fourth-order valence-electron chi connectivity index (χ4n) is 8.24. The van der Waals surface area contributed by atoms with Crippen molar-refractivity contribution in [2.75, 3.05) is 13.2 Å². The minimum atomic E-state index is -0.830. The van der Waals surface area contributed by atoms with E-state index in [1.807, 2.05) is 6.08 Å². The van der Waals surface area contributed by atoms with Crippen LogP contribution < -0.4 is 0 Å². The second-order valence-corrected chi connectivity index (χ2v) is 19.9. The van der Waals surface area contributed by atoms with Crippen LogP contribution in [0.2, 0.25) is 0 Å². The summed E-state index contributed by atoms with van der Waals surface area (Å²) in [6.45, 7) is 6.42. The number of carbonyl (C=O) groups is 3. The quantitative estimate of drug-likeness (QED) is 0.0261. The number of hydrogen-bond donors (Lipinski definition) is 0. The largest absolute Gasteiger partial charge is 0.462 e. The van der Waals surface area contributed by atoms with Crippen molar-refractivity contribution in [1.29, 1.82) is 0 Å². The molecule has 73 heavy (non-hydrogen) atoms. The van der Waals surface area contributed by atoms with Gasteiger partial charge in [0.25, 0.3) is 0 Å². The van der Waals surface area contributed by atoms with Crippen LogP contribution in [-0.2, 0) is 28.6 Å². The molecule has 0 aliphatic rings. The van der Waals surface area contributed by atoms with E-state index in [-0.39, 0.29) is 44.0 Å². The van der Waals surface area contributed by atoms with Crippen molar-refractivity contribution in [1.82, 2.24) is 0 Å². The monoisotopic (exact) mass is 1010 g/mol. The van der Waals surface area contributed by atoms with Gasteiger partial charge >= 0.3 is 17.9 Å². The average Bonchev–Trinajstić information content (AvgIpc) is 3.39. The van der Waals surface area contributed by atoms with Gasteiger partial charge in [-0.2, -0.15) is 0 Å². The first-order valence-corrected chi connectivity index (χ1v) is 30.4. The molecule has 0 fully saturated rings. The van der Waals surface area contributed by atoms with E-state index in [4.69, 9.17) is 14.2 Å². The van der Waals surface area contributed by atoms with Crippen LogP contribution in [0.15, 0.2) is 109 Å². The molecule has 0 spiro atoms. The van der Waals surface area contributed by atoms with Gasteiger partial charge in [0.15, 0.2) is 6.10 Å². The molecule has 0 aliphatic heterocycles. The van der Waals surface area contributed by atoms with Crippen molar-refractivity contribution in [2.45, 2.75) is 284 Å². The lowest BCUT2D eigenvalue weighted by Crippen LogP contribution is -2.30. The van der Waals surface area contributed by atoms with Gasteiger partial charge in [-0.15, -0.1) is 0 Å². The van der Waals surface area contributed by atoms with Crippen LogP contribution in [0.4, 0.5) is 0 Å². The summed E-state index contributed by atoms with van der Waals surface area (Å²) in [5.41, 5.74) is 0. The third-order valence-electron chi connectivity index (χ3n) is 12.8. The summed E-state index contributed by atoms with van der Waals surface area (Å²) in [6, 6.07) is 0. The molecule has 6 heteroatoms. The lowest BCUT2D eigenvalue weighted by atomic mass is 10.0. The lowest BCUT2D eigenvalue weighted by molar-refractivity contribution is -0.166. The molecular formula is C67H112O6. The van der Waals surface area contributed by atoms with Crippen LogP contribution in [-0.4, -0.2) is 37.2 Å². The molecule has 0 radical (unpaired) electrons. The maximum absolute atomic E-state index is 12.9. The van der Waals surface area contributed by atoms with E-state index < -0.39 is 6.10 Å². The standard InChI is InChI=1S/C67H112O6/c1-4-7-10-13-16-19-22-25-28-30-32-33-35-37-40-42-45-48-51-54-57-60-66(69)72-63-64(73-67(70)61-58-55-52-49-46-43-38-27-24-21-18-15-12-9-6-3)62-71-65(68)59-56-53-50-47-44-41-39-36-34-31-29-26-23-20-17-14-11-8-5-2/h8,11,17-18,20-21,26-27,29,34,36,38,41,44,46,49-50,53,64H,4-7,9-10,12-16,19,22-25,28,30-33,35,37,39-40,42-43,45,47-48,51-52,54-63H2,1-3H3/b11-8-,20-17-,21-18-,29-26-,36-34-,38-27-,44-41-,49-46-,53-50-/t64-/m1/s1. The van der Waals surface area contributed by atoms with Gasteiger partial charge in [-0.3, -0.25) is 14.4 Å². The number of hydrogen-bond acceptors (Lipinski definition) is 6. The van der Waals surface area contributed by atoms with Crippen LogP contribution in [0.25, 0.3) is 0 Å². The number of ether oxygens (including phenoxy) is 3. The number of esters is 3. The van der Waals surface area contributed by atoms with Crippen LogP contribution >= 0.6 is 0 Å². The first-order valence-electron chi connectivity index (χ1n) is 30.4. The van der Waals surface area contributed by atoms with Gasteiger partial charge in [0, 0.05) is 19.3 Å². The summed E-state index contributed by atoms with van der Waals surface area (Å²) in [5.74, 6) is -1.04. The minimum absolute atomic E-state index is 0.116. The number of carbonyl (C=O) groups excluding carboxylic acids is 3. The Hall–Kier alpha value is -3.93. The molecule has 0 aromatic heterocycles. The topological polar surface area (TPSA) is 78.9 Å². The Morgan fingerprint density at radius 1 is 0.288 bits per heavy atom. The molecule has 6 nitrogen and oxygen atoms in total. The van der Waals surface area contributed by atoms with E-state index in [0.717, 1.165) is 83.5 Å². The minimum Gasteiger partial charge on any atom is -0.462 e. The maximum Gasteiger partial charge on any atom is 0.306 e. The Bertz CT molecular complexity index is 1490. The molecule has 0 aliphatic carbocycles. The second kappa shape index (κ2) is 60.6. The zero-order valence-electron chi connectivity index (χ0n) is 47.6. The first-order chi connectivity index (χ1) is 36.0. The number of rotatable bonds is 54. The molecule has 0 saturated heterocycles. The van der Waals surface area contributed by atoms with Gasteiger partial charge in [-0.25, -0.2) is 0 Å². The zero-order valence-corrected chi connectivity index (χ0v) is 47.6. The van der Waals surface area contributed by atoms with Gasteiger partial charge < -0.3 is 14.2 Å². The van der Waals surface area contributed by atoms with Crippen molar-refractivity contribution in [2.24, 2.45) is 0 Å². The summed E-state index contributed by atoms with van der Waals surface area (Å²) in [5, 5.41) is 0. The summed E-state index contributed by atoms with van der Waals surface area (Å²) >= 11 is 0. The predicted molar refractivity (Wildman–Crippen MR) is 316 cm³/mol. The molecule has 0 rings (SSSR count). The lowest BCUT2D eigenvalue weighted by Gasteiger charge is -2.18. The highest BCUT2D eigenvalue weighted by Gasteiger charge is 2.19. The van der Waals surface area contributed by atoms with Crippen LogP contribution in [0.5, 0.6) is 0 Å². The normalized spacial score (nSPS) is 12.9. The van der Waals surface area contributed by atoms with Crippen molar-refractivity contribution in [3.05, 3.63) is 109 Å². The summed E-state index contributed by atoms with van der Waals surface area (Å²) < 4.78 is 16.8. The Morgan fingerprint density at radius 3 is 0.945 bits per heavy atom. The Morgan fingerprint density at radius 2 is 0.562 bits per heavy atom. The Labute approximate surface area is 450 Å². The molecule has 0 N–H and O–H groups in total. The third kappa shape index (κ3) is 58.8. The highest BCUT2D eigenvalue weighted by Crippen LogP contribution is 2.16. The number of allylic oxidation sites excluding steroid dienone is 18. The van der Waals surface area contributed by atoms with E-state index >= 15 is 0 Å². The third-order valence-corrected chi connectivity index (χ3v) is 12.8. The average molecular weight is 1010 g/mol. The molecule has 0 aromatic carbocycles. The SMILES string of the molecule is CC/C=C\C/C=C\C/C=C\C/C=C\C/C=C\C/C=C\CCC(=O)OC[C@H](COC(=O)CCCCCCCCCCCCCCCCCCCCCCC)OC(=O)CCCC/C=C\C/C=C\C/C=C\CCCCC. The Balaban J connectivity index is 4.49. The Kier molecular flexibility index (Phi) is 57.4. The molecule has 0 heterocycles. The molecule has 416 valence electrons. The van der Waals surface area contributed by atoms with Gasteiger partial charge in [-0.05, 0) is 96.3 Å². The maximum atomic E-state index is 12.9. The van der Waals surface area contributed by atoms with E-state index in [0.29, 0.717) is 19.3 Å². The van der Waals surface area contributed by atoms with Crippen LogP contribution in [0.1, 0.15) is 278 Å². The van der Waals surface area contributed by atoms with E-state index in [9.17, 15) is 14.4 Å². The van der Waals surface area contributed by atoms with Gasteiger partial charge in [-0.1, -0.05) is 271 Å². The first kappa shape index (κ1) is 69.1. The molecule has 0 saturated carbocycles. The van der Waals surface area contributed by atoms with Crippen molar-refractivity contribution in [3.63, 3.8) is 0 Å². The van der Waals surface area contributed by atoms with Crippen LogP contribution in [0, 0.1) is 0 Å². The van der Waals surface area contributed by atoms with Crippen molar-refractivity contribution >= 4 is 17.9 Å². The fraction of sp³-hybridized carbons (Fsp3) is 0.687. The van der Waals surface area contributed by atoms with Gasteiger partial charge in [0.2, 0.25) is 0 Å². The van der Waals surface area contributed by atoms with E-state index in [1.54, 1.807) is 0 Å². The summed E-state index contributed by atoms with van der Waals surface area (Å²) in [6.07, 6.45) is 82.5. The predicted octanol–water partition coefficient (Wildman–Crippen LogP) is 20.7. The molecule has 1 atom stereocenters. The highest BCUT2D eigenvalue weighted by molar-refractivity contribution is 5.71. The highest BCUT2D eigenvalue weighted by atomic mass is 16.6. The van der Waals surface area contributed by atoms with Gasteiger partial charge in [0.05, 0.1) is 0 Å². The van der Waals surface area contributed by atoms with Crippen molar-refractivity contribution < 1.29 is 28.6 Å². The molecule has 0 aromatic rings. The second-order valence-electron chi connectivity index (χ2n) is 19.9. The molecule has 0 bridgehead atoms. The molecule has 0 unspecified atom stereocenters. The summed E-state index contributed by atoms with van der Waals surface area (Å²) in [7, 11) is 0.